The highest BCUT2D eigenvalue weighted by Crippen LogP contribution is 2.34. The quantitative estimate of drug-likeness (QED) is 0.344. The zero-order valence-corrected chi connectivity index (χ0v) is 17.9. The fraction of sp³-hybridized carbons (Fsp3) is 0.292. The molecule has 0 aliphatic rings. The number of benzene rings is 2. The second-order valence-electron chi connectivity index (χ2n) is 8.33. The molecule has 2 aromatic carbocycles. The molecule has 1 atom stereocenters. The molecule has 3 rings (SSSR count). The van der Waals surface area contributed by atoms with E-state index < -0.39 is 4.92 Å². The minimum absolute atomic E-state index is 0.0132. The lowest BCUT2D eigenvalue weighted by Crippen LogP contribution is -2.08. The third-order valence-electron chi connectivity index (χ3n) is 4.54. The van der Waals surface area contributed by atoms with Gasteiger partial charge >= 0.3 is 0 Å². The Labute approximate surface area is 177 Å². The predicted molar refractivity (Wildman–Crippen MR) is 120 cm³/mol. The number of nitrogens with one attached hydrogen (secondary N) is 1. The van der Waals surface area contributed by atoms with Crippen LogP contribution in [0.4, 0.5) is 11.4 Å². The number of hydrogen-bond acceptors (Lipinski definition) is 4. The summed E-state index contributed by atoms with van der Waals surface area (Å²) in [6.07, 6.45) is 1.84. The lowest BCUT2D eigenvalue weighted by Gasteiger charge is -2.18. The molecule has 0 saturated carbocycles. The fourth-order valence-electron chi connectivity index (χ4n) is 3.06. The summed E-state index contributed by atoms with van der Waals surface area (Å²) < 4.78 is 1.69. The largest absolute Gasteiger partial charge is 0.378 e. The van der Waals surface area contributed by atoms with Gasteiger partial charge in [0.2, 0.25) is 0 Å². The van der Waals surface area contributed by atoms with Crippen LogP contribution in [0.15, 0.2) is 54.7 Å². The van der Waals surface area contributed by atoms with Gasteiger partial charge in [-0.3, -0.25) is 14.8 Å². The highest BCUT2D eigenvalue weighted by molar-refractivity contribution is 5.81. The molecule has 1 N–H and O–H groups in total. The molecule has 6 heteroatoms. The topological polar surface area (TPSA) is 73.0 Å². The molecule has 0 unspecified atom stereocenters. The lowest BCUT2D eigenvalue weighted by atomic mass is 9.97. The summed E-state index contributed by atoms with van der Waals surface area (Å²) in [5.41, 5.74) is 3.77. The van der Waals surface area contributed by atoms with E-state index in [2.05, 4.69) is 29.2 Å². The second kappa shape index (κ2) is 8.42. The van der Waals surface area contributed by atoms with E-state index in [0.29, 0.717) is 11.3 Å². The Balaban J connectivity index is 2.10. The number of nitro groups is 1. The molecular weight excluding hydrogens is 376 g/mol. The van der Waals surface area contributed by atoms with Crippen molar-refractivity contribution < 1.29 is 4.92 Å². The number of hydrogen-bond donors (Lipinski definition) is 1. The standard InChI is InChI=1S/C24H26N4O2/c1-17(18-9-7-6-8-10-18)25-22-12-11-20(28(29)30)15-21(22)23-19(16-27(5)26-23)13-14-24(2,3)4/h6-12,15-17,25H,1-5H3/t17-/m1/s1. The molecule has 0 aliphatic carbocycles. The van der Waals surface area contributed by atoms with E-state index in [1.165, 1.54) is 6.07 Å². The van der Waals surface area contributed by atoms with Crippen molar-refractivity contribution in [3.63, 3.8) is 0 Å². The molecule has 0 radical (unpaired) electrons. The van der Waals surface area contributed by atoms with E-state index in [-0.39, 0.29) is 17.1 Å². The number of aromatic nitrogens is 2. The molecule has 3 aromatic rings. The van der Waals surface area contributed by atoms with Crippen LogP contribution in [0.2, 0.25) is 0 Å². The van der Waals surface area contributed by atoms with Gasteiger partial charge in [0.05, 0.1) is 10.5 Å². The van der Waals surface area contributed by atoms with Crippen LogP contribution in [0, 0.1) is 27.4 Å². The monoisotopic (exact) mass is 402 g/mol. The molecule has 0 aliphatic heterocycles. The summed E-state index contributed by atoms with van der Waals surface area (Å²) in [6, 6.07) is 14.9. The highest BCUT2D eigenvalue weighted by atomic mass is 16.6. The van der Waals surface area contributed by atoms with Gasteiger partial charge in [0.25, 0.3) is 5.69 Å². The highest BCUT2D eigenvalue weighted by Gasteiger charge is 2.19. The maximum absolute atomic E-state index is 11.4. The van der Waals surface area contributed by atoms with Gasteiger partial charge in [-0.2, -0.15) is 5.10 Å². The Hall–Kier alpha value is -3.59. The van der Waals surface area contributed by atoms with Crippen molar-refractivity contribution in [2.45, 2.75) is 33.7 Å². The van der Waals surface area contributed by atoms with Gasteiger partial charge in [0, 0.05) is 48.1 Å². The molecule has 0 bridgehead atoms. The van der Waals surface area contributed by atoms with Crippen molar-refractivity contribution in [1.82, 2.24) is 9.78 Å². The Morgan fingerprint density at radius 1 is 1.17 bits per heavy atom. The summed E-state index contributed by atoms with van der Waals surface area (Å²) in [5.74, 6) is 6.43. The molecule has 0 spiro atoms. The van der Waals surface area contributed by atoms with Crippen LogP contribution in [0.1, 0.15) is 44.9 Å². The van der Waals surface area contributed by atoms with Crippen LogP contribution in [0.25, 0.3) is 11.3 Å². The molecule has 154 valence electrons. The fourth-order valence-corrected chi connectivity index (χ4v) is 3.06. The third-order valence-corrected chi connectivity index (χ3v) is 4.54. The van der Waals surface area contributed by atoms with Crippen molar-refractivity contribution in [3.05, 3.63) is 76.0 Å². The van der Waals surface area contributed by atoms with E-state index >= 15 is 0 Å². The third kappa shape index (κ3) is 5.06. The van der Waals surface area contributed by atoms with Gasteiger partial charge in [-0.15, -0.1) is 0 Å². The van der Waals surface area contributed by atoms with Crippen molar-refractivity contribution in [1.29, 1.82) is 0 Å². The zero-order chi connectivity index (χ0) is 21.9. The van der Waals surface area contributed by atoms with Gasteiger partial charge in [0.15, 0.2) is 0 Å². The SMILES string of the molecule is C[C@@H](Nc1ccc([N+](=O)[O-])cc1-c1nn(C)cc1C#CC(C)(C)C)c1ccccc1. The maximum atomic E-state index is 11.4. The van der Waals surface area contributed by atoms with Crippen LogP contribution >= 0.6 is 0 Å². The van der Waals surface area contributed by atoms with Crippen LogP contribution in [0.3, 0.4) is 0 Å². The number of rotatable bonds is 5. The van der Waals surface area contributed by atoms with E-state index in [9.17, 15) is 10.1 Å². The summed E-state index contributed by atoms with van der Waals surface area (Å²) in [5, 5.41) is 19.5. The first-order chi connectivity index (χ1) is 14.1. The maximum Gasteiger partial charge on any atom is 0.270 e. The van der Waals surface area contributed by atoms with Gasteiger partial charge in [-0.05, 0) is 39.3 Å². The summed E-state index contributed by atoms with van der Waals surface area (Å²) in [4.78, 5) is 11.0. The number of nitrogens with zero attached hydrogens (tertiary/aromatic N) is 3. The van der Waals surface area contributed by atoms with Crippen molar-refractivity contribution >= 4 is 11.4 Å². The molecular formula is C24H26N4O2. The van der Waals surface area contributed by atoms with Crippen molar-refractivity contribution in [2.24, 2.45) is 12.5 Å². The zero-order valence-electron chi connectivity index (χ0n) is 17.9. The normalized spacial score (nSPS) is 12.0. The molecule has 1 aromatic heterocycles. The minimum atomic E-state index is -0.392. The molecule has 0 saturated heterocycles. The van der Waals surface area contributed by atoms with E-state index in [0.717, 1.165) is 16.8 Å². The first-order valence-corrected chi connectivity index (χ1v) is 9.81. The van der Waals surface area contributed by atoms with Crippen LogP contribution < -0.4 is 5.32 Å². The van der Waals surface area contributed by atoms with Crippen LogP contribution in [-0.2, 0) is 7.05 Å². The average molecular weight is 402 g/mol. The number of aryl methyl sites for hydroxylation is 1. The summed E-state index contributed by atoms with van der Waals surface area (Å²) >= 11 is 0. The van der Waals surface area contributed by atoms with E-state index in [1.807, 2.05) is 64.3 Å². The predicted octanol–water partition coefficient (Wildman–Crippen LogP) is 5.57. The Morgan fingerprint density at radius 3 is 2.50 bits per heavy atom. The Morgan fingerprint density at radius 2 is 1.87 bits per heavy atom. The van der Waals surface area contributed by atoms with Crippen LogP contribution in [0.5, 0.6) is 0 Å². The lowest BCUT2D eigenvalue weighted by molar-refractivity contribution is -0.384. The van der Waals surface area contributed by atoms with Gasteiger partial charge in [0.1, 0.15) is 5.69 Å². The smallest absolute Gasteiger partial charge is 0.270 e. The molecule has 30 heavy (non-hydrogen) atoms. The minimum Gasteiger partial charge on any atom is -0.378 e. The summed E-state index contributed by atoms with van der Waals surface area (Å²) in [7, 11) is 1.82. The molecule has 0 fully saturated rings. The van der Waals surface area contributed by atoms with E-state index in [4.69, 9.17) is 0 Å². The second-order valence-corrected chi connectivity index (χ2v) is 8.33. The Bertz CT molecular complexity index is 1120. The number of non-ortho nitro benzene ring substituents is 1. The van der Waals surface area contributed by atoms with Crippen molar-refractivity contribution in [2.75, 3.05) is 5.32 Å². The number of anilines is 1. The van der Waals surface area contributed by atoms with E-state index in [1.54, 1.807) is 16.8 Å². The van der Waals surface area contributed by atoms with Crippen LogP contribution in [-0.4, -0.2) is 14.7 Å². The first-order valence-electron chi connectivity index (χ1n) is 9.81. The number of nitro benzene ring substituents is 1. The Kier molecular flexibility index (Phi) is 5.93. The summed E-state index contributed by atoms with van der Waals surface area (Å²) in [6.45, 7) is 8.17. The first kappa shape index (κ1) is 21.1. The molecule has 0 amide bonds. The van der Waals surface area contributed by atoms with Gasteiger partial charge in [-0.1, -0.05) is 42.2 Å². The van der Waals surface area contributed by atoms with Gasteiger partial charge < -0.3 is 5.32 Å². The molecule has 1 heterocycles. The van der Waals surface area contributed by atoms with Gasteiger partial charge in [-0.25, -0.2) is 0 Å². The molecule has 6 nitrogen and oxygen atoms in total. The average Bonchev–Trinajstić information content (AvgIpc) is 3.07. The van der Waals surface area contributed by atoms with Crippen molar-refractivity contribution in [3.8, 4) is 23.1 Å².